The van der Waals surface area contributed by atoms with Crippen molar-refractivity contribution < 1.29 is 23.8 Å². The fourth-order valence-corrected chi connectivity index (χ4v) is 2.33. The van der Waals surface area contributed by atoms with E-state index in [1.54, 1.807) is 0 Å². The first kappa shape index (κ1) is 14.3. The minimum atomic E-state index is -4.17. The fraction of sp³-hybridized carbons (Fsp3) is 0.909. The molecule has 2 atom stereocenters. The number of halogens is 2. The number of carboxylic acid groups (broad SMARTS) is 1. The molecule has 0 aromatic heterocycles. The number of hydrogen-bond donors (Lipinski definition) is 3. The standard InChI is InChI=1S/C11H19F2NO3/c12-11(13,10(16)17)9(15)8(14)6-7-4-2-1-3-5-7/h7-9,15H,1-6,14H2,(H,16,17)/t8-,9+/m0/s1. The van der Waals surface area contributed by atoms with Crippen LogP contribution in [-0.2, 0) is 4.79 Å². The molecule has 0 aliphatic heterocycles. The Balaban J connectivity index is 2.51. The summed E-state index contributed by atoms with van der Waals surface area (Å²) in [6.45, 7) is 0. The molecule has 4 N–H and O–H groups in total. The van der Waals surface area contributed by atoms with E-state index in [9.17, 15) is 18.7 Å². The van der Waals surface area contributed by atoms with Crippen molar-refractivity contribution in [3.8, 4) is 0 Å². The molecule has 0 radical (unpaired) electrons. The van der Waals surface area contributed by atoms with Crippen molar-refractivity contribution in [2.45, 2.75) is 56.6 Å². The first-order valence-electron chi connectivity index (χ1n) is 5.90. The van der Waals surface area contributed by atoms with Gasteiger partial charge in [0.1, 0.15) is 6.10 Å². The van der Waals surface area contributed by atoms with Crippen molar-refractivity contribution >= 4 is 5.97 Å². The first-order chi connectivity index (χ1) is 7.85. The predicted octanol–water partition coefficient (Wildman–Crippen LogP) is 1.36. The van der Waals surface area contributed by atoms with Crippen LogP contribution in [0.2, 0.25) is 0 Å². The van der Waals surface area contributed by atoms with Gasteiger partial charge in [-0.15, -0.1) is 0 Å². The van der Waals surface area contributed by atoms with Crippen LogP contribution in [0.3, 0.4) is 0 Å². The van der Waals surface area contributed by atoms with Crippen LogP contribution in [0.5, 0.6) is 0 Å². The number of alkyl halides is 2. The molecule has 1 fully saturated rings. The predicted molar refractivity (Wildman–Crippen MR) is 57.8 cm³/mol. The lowest BCUT2D eigenvalue weighted by atomic mass is 9.83. The quantitative estimate of drug-likeness (QED) is 0.689. The lowest BCUT2D eigenvalue weighted by Crippen LogP contribution is -2.52. The summed E-state index contributed by atoms with van der Waals surface area (Å²) >= 11 is 0. The van der Waals surface area contributed by atoms with Gasteiger partial charge in [0.25, 0.3) is 0 Å². The van der Waals surface area contributed by atoms with E-state index >= 15 is 0 Å². The number of carbonyl (C=O) groups is 1. The van der Waals surface area contributed by atoms with Crippen molar-refractivity contribution in [1.29, 1.82) is 0 Å². The average Bonchev–Trinajstić information content (AvgIpc) is 2.29. The third-order valence-electron chi connectivity index (χ3n) is 3.39. The lowest BCUT2D eigenvalue weighted by Gasteiger charge is -2.29. The van der Waals surface area contributed by atoms with Gasteiger partial charge in [0, 0.05) is 6.04 Å². The third kappa shape index (κ3) is 3.61. The zero-order valence-corrected chi connectivity index (χ0v) is 9.61. The molecule has 0 heterocycles. The molecule has 1 rings (SSSR count). The molecule has 100 valence electrons. The molecule has 17 heavy (non-hydrogen) atoms. The molecule has 0 amide bonds. The maximum atomic E-state index is 13.0. The Labute approximate surface area is 98.8 Å². The molecular weight excluding hydrogens is 232 g/mol. The molecule has 0 saturated heterocycles. The molecule has 0 unspecified atom stereocenters. The second kappa shape index (κ2) is 5.73. The summed E-state index contributed by atoms with van der Waals surface area (Å²) in [5, 5.41) is 17.6. The molecule has 1 aliphatic rings. The van der Waals surface area contributed by atoms with Crippen molar-refractivity contribution in [1.82, 2.24) is 0 Å². The smallest absolute Gasteiger partial charge is 0.377 e. The zero-order chi connectivity index (χ0) is 13.1. The number of aliphatic hydroxyl groups is 1. The molecule has 0 aromatic rings. The summed E-state index contributed by atoms with van der Waals surface area (Å²) in [5.41, 5.74) is 5.48. The normalized spacial score (nSPS) is 22.1. The van der Waals surface area contributed by atoms with E-state index in [1.807, 2.05) is 0 Å². The van der Waals surface area contributed by atoms with Crippen LogP contribution in [0, 0.1) is 5.92 Å². The molecule has 1 aliphatic carbocycles. The Morgan fingerprint density at radius 2 is 1.88 bits per heavy atom. The highest BCUT2D eigenvalue weighted by molar-refractivity contribution is 5.76. The van der Waals surface area contributed by atoms with Gasteiger partial charge >= 0.3 is 11.9 Å². The lowest BCUT2D eigenvalue weighted by molar-refractivity contribution is -0.184. The Morgan fingerprint density at radius 3 is 2.35 bits per heavy atom. The van der Waals surface area contributed by atoms with Gasteiger partial charge < -0.3 is 15.9 Å². The fourth-order valence-electron chi connectivity index (χ4n) is 2.33. The molecule has 1 saturated carbocycles. The van der Waals surface area contributed by atoms with Crippen LogP contribution in [-0.4, -0.2) is 34.3 Å². The molecular formula is C11H19F2NO3. The van der Waals surface area contributed by atoms with E-state index in [-0.39, 0.29) is 12.3 Å². The molecule has 0 aromatic carbocycles. The van der Waals surface area contributed by atoms with Gasteiger partial charge in [0.05, 0.1) is 0 Å². The molecule has 0 bridgehead atoms. The van der Waals surface area contributed by atoms with Crippen LogP contribution in [0.25, 0.3) is 0 Å². The van der Waals surface area contributed by atoms with Gasteiger partial charge in [-0.1, -0.05) is 32.1 Å². The van der Waals surface area contributed by atoms with E-state index in [1.165, 1.54) is 0 Å². The number of rotatable bonds is 5. The minimum Gasteiger partial charge on any atom is -0.477 e. The average molecular weight is 251 g/mol. The second-order valence-electron chi connectivity index (χ2n) is 4.78. The summed E-state index contributed by atoms with van der Waals surface area (Å²) in [5.74, 6) is -6.28. The second-order valence-corrected chi connectivity index (χ2v) is 4.78. The highest BCUT2D eigenvalue weighted by Crippen LogP contribution is 2.30. The van der Waals surface area contributed by atoms with Gasteiger partial charge in [0.15, 0.2) is 0 Å². The third-order valence-corrected chi connectivity index (χ3v) is 3.39. The van der Waals surface area contributed by atoms with Crippen LogP contribution >= 0.6 is 0 Å². The summed E-state index contributed by atoms with van der Waals surface area (Å²) in [6, 6.07) is -1.19. The van der Waals surface area contributed by atoms with E-state index in [0.717, 1.165) is 32.1 Å². The number of hydrogen-bond acceptors (Lipinski definition) is 3. The minimum absolute atomic E-state index is 0.220. The topological polar surface area (TPSA) is 83.5 Å². The van der Waals surface area contributed by atoms with Crippen LogP contribution < -0.4 is 5.73 Å². The summed E-state index contributed by atoms with van der Waals surface area (Å²) in [6.07, 6.45) is 3.00. The van der Waals surface area contributed by atoms with Crippen LogP contribution in [0.4, 0.5) is 8.78 Å². The number of aliphatic carboxylic acids is 1. The van der Waals surface area contributed by atoms with Crippen LogP contribution in [0.1, 0.15) is 38.5 Å². The highest BCUT2D eigenvalue weighted by atomic mass is 19.3. The largest absolute Gasteiger partial charge is 0.477 e. The van der Waals surface area contributed by atoms with Gasteiger partial charge in [-0.3, -0.25) is 0 Å². The van der Waals surface area contributed by atoms with Crippen LogP contribution in [0.15, 0.2) is 0 Å². The van der Waals surface area contributed by atoms with Gasteiger partial charge in [-0.05, 0) is 12.3 Å². The van der Waals surface area contributed by atoms with Crippen molar-refractivity contribution in [3.05, 3.63) is 0 Å². The van der Waals surface area contributed by atoms with Gasteiger partial charge in [0.2, 0.25) is 0 Å². The SMILES string of the molecule is N[C@@H](CC1CCCCC1)[C@@H](O)C(F)(F)C(=O)O. The number of nitrogens with two attached hydrogens (primary N) is 1. The monoisotopic (exact) mass is 251 g/mol. The van der Waals surface area contributed by atoms with E-state index < -0.39 is 24.0 Å². The molecule has 0 spiro atoms. The van der Waals surface area contributed by atoms with E-state index in [0.29, 0.717) is 0 Å². The summed E-state index contributed by atoms with van der Waals surface area (Å²) < 4.78 is 26.0. The first-order valence-corrected chi connectivity index (χ1v) is 5.90. The van der Waals surface area contributed by atoms with Gasteiger partial charge in [-0.25, -0.2) is 4.79 Å². The summed E-state index contributed by atoms with van der Waals surface area (Å²) in [7, 11) is 0. The van der Waals surface area contributed by atoms with E-state index in [4.69, 9.17) is 10.8 Å². The maximum Gasteiger partial charge on any atom is 0.377 e. The zero-order valence-electron chi connectivity index (χ0n) is 9.61. The van der Waals surface area contributed by atoms with Crippen molar-refractivity contribution in [3.63, 3.8) is 0 Å². The molecule has 6 heteroatoms. The van der Waals surface area contributed by atoms with Crippen molar-refractivity contribution in [2.75, 3.05) is 0 Å². The van der Waals surface area contributed by atoms with Crippen molar-refractivity contribution in [2.24, 2.45) is 11.7 Å². The Morgan fingerprint density at radius 1 is 1.35 bits per heavy atom. The van der Waals surface area contributed by atoms with E-state index in [2.05, 4.69) is 0 Å². The Bertz CT molecular complexity index is 267. The number of aliphatic hydroxyl groups excluding tert-OH is 1. The highest BCUT2D eigenvalue weighted by Gasteiger charge is 2.49. The Hall–Kier alpha value is -0.750. The molecule has 4 nitrogen and oxygen atoms in total. The van der Waals surface area contributed by atoms with Gasteiger partial charge in [-0.2, -0.15) is 8.78 Å². The number of carboxylic acids is 1. The Kier molecular flexibility index (Phi) is 4.82. The summed E-state index contributed by atoms with van der Waals surface area (Å²) in [4.78, 5) is 10.3. The maximum absolute atomic E-state index is 13.0.